The molecule has 2 aliphatic rings. The highest BCUT2D eigenvalue weighted by atomic mass is 32.2. The molecule has 116 valence electrons. The van der Waals surface area contributed by atoms with Crippen LogP contribution in [-0.4, -0.2) is 46.5 Å². The Morgan fingerprint density at radius 3 is 2.95 bits per heavy atom. The first-order valence-corrected chi connectivity index (χ1v) is 8.03. The fourth-order valence-electron chi connectivity index (χ4n) is 3.12. The lowest BCUT2D eigenvalue weighted by Gasteiger charge is -2.40. The minimum atomic E-state index is -1.42. The van der Waals surface area contributed by atoms with E-state index in [0.717, 1.165) is 17.3 Å². The predicted octanol–water partition coefficient (Wildman–Crippen LogP) is 2.20. The van der Waals surface area contributed by atoms with Gasteiger partial charge < -0.3 is 5.11 Å². The average Bonchev–Trinajstić information content (AvgIpc) is 2.81. The summed E-state index contributed by atoms with van der Waals surface area (Å²) in [5, 5.41) is 11.1. The number of hydrogen-bond donors (Lipinski definition) is 1. The number of rotatable bonds is 5. The molecule has 22 heavy (non-hydrogen) atoms. The van der Waals surface area contributed by atoms with Crippen molar-refractivity contribution < 1.29 is 19.5 Å². The summed E-state index contributed by atoms with van der Waals surface area (Å²) in [4.78, 5) is 30.1. The first-order valence-electron chi connectivity index (χ1n) is 6.80. The van der Waals surface area contributed by atoms with Crippen LogP contribution in [0.15, 0.2) is 36.9 Å². The fourth-order valence-corrected chi connectivity index (χ4v) is 4.08. The lowest BCUT2D eigenvalue weighted by Crippen LogP contribution is -2.52. The van der Waals surface area contributed by atoms with E-state index < -0.39 is 16.9 Å². The van der Waals surface area contributed by atoms with Crippen molar-refractivity contribution in [3.8, 4) is 0 Å². The smallest absolute Gasteiger partial charge is 0.346 e. The van der Waals surface area contributed by atoms with Crippen LogP contribution in [0.4, 0.5) is 4.79 Å². The van der Waals surface area contributed by atoms with Crippen molar-refractivity contribution in [1.29, 1.82) is 0 Å². The monoisotopic (exact) mass is 320 g/mol. The largest absolute Gasteiger partial charge is 0.479 e. The van der Waals surface area contributed by atoms with Gasteiger partial charge in [-0.3, -0.25) is 9.74 Å². The molecule has 2 bridgehead atoms. The van der Waals surface area contributed by atoms with E-state index in [4.69, 9.17) is 4.84 Å². The summed E-state index contributed by atoms with van der Waals surface area (Å²) in [6, 6.07) is 6.52. The highest BCUT2D eigenvalue weighted by molar-refractivity contribution is 8.00. The molecule has 7 heteroatoms. The normalized spacial score (nSPS) is 26.0. The van der Waals surface area contributed by atoms with Crippen LogP contribution in [0.2, 0.25) is 0 Å². The number of carbonyl (C=O) groups excluding carboxylic acids is 1. The van der Waals surface area contributed by atoms with Crippen LogP contribution in [0.1, 0.15) is 17.2 Å². The van der Waals surface area contributed by atoms with Crippen molar-refractivity contribution in [3.63, 3.8) is 0 Å². The van der Waals surface area contributed by atoms with Crippen molar-refractivity contribution in [3.05, 3.63) is 48.0 Å². The van der Waals surface area contributed by atoms with Crippen LogP contribution in [0.3, 0.4) is 0 Å². The van der Waals surface area contributed by atoms with Crippen molar-refractivity contribution in [2.45, 2.75) is 10.9 Å². The van der Waals surface area contributed by atoms with Gasteiger partial charge in [0.15, 0.2) is 0 Å². The molecule has 2 heterocycles. The third kappa shape index (κ3) is 1.79. The van der Waals surface area contributed by atoms with Gasteiger partial charge in [0.05, 0.1) is 13.2 Å². The molecule has 1 saturated heterocycles. The van der Waals surface area contributed by atoms with Crippen molar-refractivity contribution in [2.24, 2.45) is 0 Å². The third-order valence-electron chi connectivity index (χ3n) is 4.04. The van der Waals surface area contributed by atoms with Gasteiger partial charge in [0.25, 0.3) is 0 Å². The summed E-state index contributed by atoms with van der Waals surface area (Å²) < 4.78 is 0. The zero-order valence-electron chi connectivity index (χ0n) is 12.1. The zero-order valence-corrected chi connectivity index (χ0v) is 12.9. The molecule has 1 aromatic carbocycles. The van der Waals surface area contributed by atoms with E-state index in [-0.39, 0.29) is 12.6 Å². The van der Waals surface area contributed by atoms with Crippen molar-refractivity contribution >= 4 is 23.8 Å². The lowest BCUT2D eigenvalue weighted by molar-refractivity contribution is -0.144. The summed E-state index contributed by atoms with van der Waals surface area (Å²) in [6.07, 6.45) is 3.25. The van der Waals surface area contributed by atoms with E-state index in [1.807, 2.05) is 12.1 Å². The van der Waals surface area contributed by atoms with E-state index in [0.29, 0.717) is 12.1 Å². The minimum Gasteiger partial charge on any atom is -0.479 e. The van der Waals surface area contributed by atoms with Gasteiger partial charge in [-0.05, 0) is 11.8 Å². The Balaban J connectivity index is 2.17. The van der Waals surface area contributed by atoms with Gasteiger partial charge in [-0.25, -0.2) is 9.59 Å². The molecule has 0 spiro atoms. The van der Waals surface area contributed by atoms with Gasteiger partial charge in [-0.1, -0.05) is 30.3 Å². The molecular weight excluding hydrogens is 304 g/mol. The molecule has 2 aliphatic heterocycles. The summed E-state index contributed by atoms with van der Waals surface area (Å²) in [7, 11) is 0. The van der Waals surface area contributed by atoms with Crippen LogP contribution in [0.5, 0.6) is 0 Å². The lowest BCUT2D eigenvalue weighted by atomic mass is 9.90. The number of nitrogens with zero attached hydrogens (tertiary/aromatic N) is 2. The van der Waals surface area contributed by atoms with Gasteiger partial charge in [-0.2, -0.15) is 5.06 Å². The second-order valence-electron chi connectivity index (χ2n) is 5.06. The van der Waals surface area contributed by atoms with E-state index in [1.54, 1.807) is 24.5 Å². The highest BCUT2D eigenvalue weighted by Crippen LogP contribution is 2.51. The number of carboxylic acids is 1. The Hall–Kier alpha value is -1.99. The van der Waals surface area contributed by atoms with Crippen LogP contribution >= 0.6 is 11.8 Å². The highest BCUT2D eigenvalue weighted by Gasteiger charge is 2.60. The van der Waals surface area contributed by atoms with E-state index in [2.05, 4.69) is 6.58 Å². The third-order valence-corrected chi connectivity index (χ3v) is 5.25. The molecule has 0 aliphatic carbocycles. The second kappa shape index (κ2) is 5.33. The molecule has 2 atom stereocenters. The van der Waals surface area contributed by atoms with E-state index >= 15 is 0 Å². The number of hydroxylamine groups is 2. The molecule has 6 nitrogen and oxygen atoms in total. The quantitative estimate of drug-likeness (QED) is 0.842. The van der Waals surface area contributed by atoms with Gasteiger partial charge in [-0.15, -0.1) is 18.3 Å². The molecule has 1 N–H and O–H groups in total. The molecule has 2 unspecified atom stereocenters. The SMILES string of the molecule is C=CCON1C(=O)N2CC1c1ccccc1C2(SC)C(=O)O. The molecule has 1 aromatic rings. The Morgan fingerprint density at radius 1 is 1.59 bits per heavy atom. The molecule has 0 saturated carbocycles. The number of carbonyl (C=O) groups is 2. The summed E-state index contributed by atoms with van der Waals surface area (Å²) in [5.41, 5.74) is 1.44. The molecular formula is C15H16N2O4S. The Labute approximate surface area is 132 Å². The number of aliphatic carboxylic acids is 1. The van der Waals surface area contributed by atoms with Gasteiger partial charge in [0, 0.05) is 5.56 Å². The van der Waals surface area contributed by atoms with Crippen LogP contribution in [0.25, 0.3) is 0 Å². The number of benzene rings is 1. The molecule has 3 rings (SSSR count). The average molecular weight is 320 g/mol. The second-order valence-corrected chi connectivity index (χ2v) is 6.06. The molecule has 0 radical (unpaired) electrons. The molecule has 0 aromatic heterocycles. The summed E-state index contributed by atoms with van der Waals surface area (Å²) >= 11 is 1.14. The van der Waals surface area contributed by atoms with Gasteiger partial charge in [0.2, 0.25) is 4.87 Å². The molecule has 2 amide bonds. The van der Waals surface area contributed by atoms with Crippen LogP contribution in [-0.2, 0) is 14.5 Å². The Bertz CT molecular complexity index is 650. The number of hydrogen-bond acceptors (Lipinski definition) is 4. The van der Waals surface area contributed by atoms with Crippen molar-refractivity contribution in [1.82, 2.24) is 9.96 Å². The summed E-state index contributed by atoms with van der Waals surface area (Å²) in [6.45, 7) is 4.06. The fraction of sp³-hybridized carbons (Fsp3) is 0.333. The first kappa shape index (κ1) is 14.9. The maximum absolute atomic E-state index is 12.7. The van der Waals surface area contributed by atoms with E-state index in [9.17, 15) is 14.7 Å². The Kier molecular flexibility index (Phi) is 3.62. The van der Waals surface area contributed by atoms with Crippen LogP contribution in [0, 0.1) is 0 Å². The Morgan fingerprint density at radius 2 is 2.32 bits per heavy atom. The van der Waals surface area contributed by atoms with Gasteiger partial charge >= 0.3 is 12.0 Å². The van der Waals surface area contributed by atoms with E-state index in [1.165, 1.54) is 9.96 Å². The van der Waals surface area contributed by atoms with Crippen molar-refractivity contribution in [2.75, 3.05) is 19.4 Å². The number of carboxylic acid groups (broad SMARTS) is 1. The minimum absolute atomic E-state index is 0.192. The summed E-state index contributed by atoms with van der Waals surface area (Å²) in [5.74, 6) is -1.05. The maximum atomic E-state index is 12.7. The number of urea groups is 1. The number of thioether (sulfide) groups is 1. The first-order chi connectivity index (χ1) is 10.6. The molecule has 1 fully saturated rings. The maximum Gasteiger partial charge on any atom is 0.346 e. The van der Waals surface area contributed by atoms with Crippen LogP contribution < -0.4 is 0 Å². The van der Waals surface area contributed by atoms with Gasteiger partial charge in [0.1, 0.15) is 6.04 Å². The zero-order chi connectivity index (χ0) is 15.9. The number of fused-ring (bicyclic) bond motifs is 4. The topological polar surface area (TPSA) is 70.1 Å². The predicted molar refractivity (Wildman–Crippen MR) is 82.1 cm³/mol. The standard InChI is InChI=1S/C15H16N2O4S/c1-3-8-21-17-12-9-16(14(17)20)15(22-2,13(18)19)11-7-5-4-6-10(11)12/h3-7,12H,1,8-9H2,2H3,(H,18,19). The number of amides is 2.